The van der Waals surface area contributed by atoms with Crippen LogP contribution in [0.5, 0.6) is 0 Å². The molecule has 0 atom stereocenters. The van der Waals surface area contributed by atoms with E-state index in [4.69, 9.17) is 5.73 Å². The zero-order valence-corrected chi connectivity index (χ0v) is 14.2. The minimum atomic E-state index is -3.52. The Balaban J connectivity index is 0.00000324. The molecule has 0 aromatic heterocycles. The Morgan fingerprint density at radius 1 is 1.26 bits per heavy atom. The number of rotatable bonds is 6. The van der Waals surface area contributed by atoms with E-state index in [0.29, 0.717) is 4.47 Å². The lowest BCUT2D eigenvalue weighted by atomic mass is 9.95. The summed E-state index contributed by atoms with van der Waals surface area (Å²) in [7, 11) is -3.52. The van der Waals surface area contributed by atoms with Crippen molar-refractivity contribution < 1.29 is 8.42 Å². The average Bonchev–Trinajstić information content (AvgIpc) is 2.36. The van der Waals surface area contributed by atoms with Gasteiger partial charge in [-0.05, 0) is 40.9 Å². The second-order valence-corrected chi connectivity index (χ2v) is 6.91. The first-order chi connectivity index (χ1) is 8.34. The van der Waals surface area contributed by atoms with E-state index in [2.05, 4.69) is 20.7 Å². The van der Waals surface area contributed by atoms with Crippen LogP contribution in [0.2, 0.25) is 0 Å². The summed E-state index contributed by atoms with van der Waals surface area (Å²) in [5.74, 6) is 0. The second-order valence-electron chi connectivity index (χ2n) is 4.32. The van der Waals surface area contributed by atoms with Crippen LogP contribution in [0.3, 0.4) is 0 Å². The summed E-state index contributed by atoms with van der Waals surface area (Å²) >= 11 is 3.24. The van der Waals surface area contributed by atoms with Crippen LogP contribution in [-0.2, 0) is 10.0 Å². The molecule has 0 fully saturated rings. The van der Waals surface area contributed by atoms with E-state index < -0.39 is 15.6 Å². The summed E-state index contributed by atoms with van der Waals surface area (Å²) in [4.78, 5) is 0.236. The normalized spacial score (nSPS) is 12.0. The first-order valence-corrected chi connectivity index (χ1v) is 8.15. The van der Waals surface area contributed by atoms with Crippen molar-refractivity contribution in [1.82, 2.24) is 4.72 Å². The van der Waals surface area contributed by atoms with Gasteiger partial charge in [0, 0.05) is 16.6 Å². The Bertz CT molecular complexity index is 504. The molecule has 110 valence electrons. The first-order valence-electron chi connectivity index (χ1n) is 5.88. The Hall–Kier alpha value is -0.140. The highest BCUT2D eigenvalue weighted by Crippen LogP contribution is 2.21. The van der Waals surface area contributed by atoms with Gasteiger partial charge in [-0.15, -0.1) is 12.4 Å². The van der Waals surface area contributed by atoms with Gasteiger partial charge in [0.15, 0.2) is 0 Å². The molecule has 0 amide bonds. The highest BCUT2D eigenvalue weighted by Gasteiger charge is 2.24. The molecule has 1 rings (SSSR count). The summed E-state index contributed by atoms with van der Waals surface area (Å²) in [6.07, 6.45) is 1.45. The zero-order valence-electron chi connectivity index (χ0n) is 11.0. The molecule has 0 saturated heterocycles. The number of hydrogen-bond acceptors (Lipinski definition) is 3. The lowest BCUT2D eigenvalue weighted by molar-refractivity contribution is 0.391. The summed E-state index contributed by atoms with van der Waals surface area (Å²) < 4.78 is 27.4. The average molecular weight is 372 g/mol. The molecule has 0 heterocycles. The summed E-state index contributed by atoms with van der Waals surface area (Å²) in [5.41, 5.74) is 5.59. The van der Waals surface area contributed by atoms with E-state index in [1.165, 1.54) is 0 Å². The molecule has 0 aliphatic carbocycles. The van der Waals surface area contributed by atoms with Crippen LogP contribution in [0.1, 0.15) is 26.7 Å². The van der Waals surface area contributed by atoms with Crippen molar-refractivity contribution in [3.8, 4) is 0 Å². The van der Waals surface area contributed by atoms with E-state index in [1.807, 2.05) is 13.8 Å². The number of benzene rings is 1. The fraction of sp³-hybridized carbons (Fsp3) is 0.500. The van der Waals surface area contributed by atoms with Gasteiger partial charge >= 0.3 is 0 Å². The molecule has 0 unspecified atom stereocenters. The quantitative estimate of drug-likeness (QED) is 0.807. The van der Waals surface area contributed by atoms with E-state index in [1.54, 1.807) is 24.3 Å². The molecule has 1 aromatic rings. The number of hydrogen-bond donors (Lipinski definition) is 2. The van der Waals surface area contributed by atoms with Gasteiger partial charge in [-0.2, -0.15) is 0 Å². The molecule has 0 aliphatic heterocycles. The van der Waals surface area contributed by atoms with Gasteiger partial charge in [-0.3, -0.25) is 0 Å². The Morgan fingerprint density at radius 2 is 1.79 bits per heavy atom. The predicted octanol–water partition coefficient (Wildman–Crippen LogP) is 2.67. The van der Waals surface area contributed by atoms with E-state index in [-0.39, 0.29) is 23.8 Å². The van der Waals surface area contributed by atoms with E-state index in [0.717, 1.165) is 12.8 Å². The smallest absolute Gasteiger partial charge is 0.241 e. The summed E-state index contributed by atoms with van der Waals surface area (Å²) in [5, 5.41) is 0. The highest BCUT2D eigenvalue weighted by atomic mass is 79.9. The number of nitrogens with one attached hydrogen (secondary N) is 1. The van der Waals surface area contributed by atoms with Crippen LogP contribution in [0, 0.1) is 0 Å². The van der Waals surface area contributed by atoms with Crippen molar-refractivity contribution in [3.63, 3.8) is 0 Å². The van der Waals surface area contributed by atoms with Gasteiger partial charge in [0.25, 0.3) is 0 Å². The standard InChI is InChI=1S/C12H19BrN2O2S.ClH/c1-3-12(14,4-2)9-15-18(16,17)11-8-6-5-7-10(11)13;/h5-8,15H,3-4,9,14H2,1-2H3;1H. The largest absolute Gasteiger partial charge is 0.324 e. The Labute approximate surface area is 129 Å². The third kappa shape index (κ3) is 5.04. The molecule has 0 saturated carbocycles. The summed E-state index contributed by atoms with van der Waals surface area (Å²) in [6.45, 7) is 4.15. The molecule has 3 N–H and O–H groups in total. The van der Waals surface area contributed by atoms with Crippen molar-refractivity contribution in [2.24, 2.45) is 5.73 Å². The molecule has 0 aliphatic rings. The van der Waals surface area contributed by atoms with Gasteiger partial charge in [0.1, 0.15) is 0 Å². The molecule has 1 aromatic carbocycles. The van der Waals surface area contributed by atoms with E-state index >= 15 is 0 Å². The number of sulfonamides is 1. The van der Waals surface area contributed by atoms with Crippen molar-refractivity contribution in [3.05, 3.63) is 28.7 Å². The fourth-order valence-corrected chi connectivity index (χ4v) is 3.62. The van der Waals surface area contributed by atoms with Crippen LogP contribution in [0.25, 0.3) is 0 Å². The van der Waals surface area contributed by atoms with Crippen LogP contribution < -0.4 is 10.5 Å². The molecular formula is C12H20BrClN2O2S. The maximum Gasteiger partial charge on any atom is 0.241 e. The third-order valence-corrected chi connectivity index (χ3v) is 5.56. The van der Waals surface area contributed by atoms with Crippen LogP contribution in [0.15, 0.2) is 33.6 Å². The van der Waals surface area contributed by atoms with Crippen LogP contribution in [-0.4, -0.2) is 20.5 Å². The number of halogens is 2. The van der Waals surface area contributed by atoms with Gasteiger partial charge in [-0.25, -0.2) is 13.1 Å². The van der Waals surface area contributed by atoms with Crippen LogP contribution in [0.4, 0.5) is 0 Å². The monoisotopic (exact) mass is 370 g/mol. The van der Waals surface area contributed by atoms with Gasteiger partial charge in [0.2, 0.25) is 10.0 Å². The van der Waals surface area contributed by atoms with Crippen molar-refractivity contribution in [2.75, 3.05) is 6.54 Å². The topological polar surface area (TPSA) is 72.2 Å². The molecular weight excluding hydrogens is 352 g/mol. The fourth-order valence-electron chi connectivity index (χ4n) is 1.48. The predicted molar refractivity (Wildman–Crippen MR) is 84.1 cm³/mol. The second kappa shape index (κ2) is 7.59. The maximum atomic E-state index is 12.1. The minimum absolute atomic E-state index is 0. The molecule has 4 nitrogen and oxygen atoms in total. The molecule has 0 radical (unpaired) electrons. The van der Waals surface area contributed by atoms with Crippen LogP contribution >= 0.6 is 28.3 Å². The zero-order chi connectivity index (χ0) is 13.8. The first kappa shape index (κ1) is 18.9. The molecule has 0 bridgehead atoms. The Morgan fingerprint density at radius 3 is 2.26 bits per heavy atom. The molecule has 7 heteroatoms. The molecule has 19 heavy (non-hydrogen) atoms. The van der Waals surface area contributed by atoms with Gasteiger partial charge < -0.3 is 5.73 Å². The third-order valence-electron chi connectivity index (χ3n) is 3.15. The number of nitrogens with two attached hydrogens (primary N) is 1. The van der Waals surface area contributed by atoms with Crippen molar-refractivity contribution >= 4 is 38.4 Å². The summed E-state index contributed by atoms with van der Waals surface area (Å²) in [6, 6.07) is 6.72. The van der Waals surface area contributed by atoms with Gasteiger partial charge in [-0.1, -0.05) is 26.0 Å². The Kier molecular flexibility index (Phi) is 7.54. The van der Waals surface area contributed by atoms with Gasteiger partial charge in [0.05, 0.1) is 4.90 Å². The minimum Gasteiger partial charge on any atom is -0.324 e. The maximum absolute atomic E-state index is 12.1. The lowest BCUT2D eigenvalue weighted by Crippen LogP contribution is -2.49. The van der Waals surface area contributed by atoms with E-state index in [9.17, 15) is 8.42 Å². The SMILES string of the molecule is CCC(N)(CC)CNS(=O)(=O)c1ccccc1Br.Cl. The molecule has 0 spiro atoms. The highest BCUT2D eigenvalue weighted by molar-refractivity contribution is 9.10. The lowest BCUT2D eigenvalue weighted by Gasteiger charge is -2.26. The van der Waals surface area contributed by atoms with Crippen molar-refractivity contribution in [2.45, 2.75) is 37.1 Å². The van der Waals surface area contributed by atoms with Crippen molar-refractivity contribution in [1.29, 1.82) is 0 Å².